The minimum absolute atomic E-state index is 0.224. The molecule has 2 aromatic carbocycles. The molecule has 2 aromatic rings. The Morgan fingerprint density at radius 1 is 1.12 bits per heavy atom. The molecule has 1 fully saturated rings. The Hall–Kier alpha value is -2.89. The van der Waals surface area contributed by atoms with Crippen LogP contribution in [0.4, 0.5) is 10.1 Å². The number of carbonyl (C=O) groups is 2. The zero-order chi connectivity index (χ0) is 17.8. The number of carbonyl (C=O) groups excluding carboxylic acids is 2. The highest BCUT2D eigenvalue weighted by molar-refractivity contribution is 6.01. The number of ether oxygens (including phenoxy) is 1. The Balaban J connectivity index is 1.70. The Morgan fingerprint density at radius 2 is 1.80 bits per heavy atom. The first-order chi connectivity index (χ1) is 12.1. The van der Waals surface area contributed by atoms with Crippen LogP contribution < -0.4 is 10.1 Å². The molecule has 3 rings (SSSR count). The fourth-order valence-corrected chi connectivity index (χ4v) is 2.94. The van der Waals surface area contributed by atoms with Gasteiger partial charge in [-0.15, -0.1) is 0 Å². The number of likely N-dealkylation sites (tertiary alicyclic amines) is 1. The molecule has 0 aromatic heterocycles. The third kappa shape index (κ3) is 3.79. The highest BCUT2D eigenvalue weighted by Gasteiger charge is 2.34. The number of hydrogen-bond donors (Lipinski definition) is 1. The summed E-state index contributed by atoms with van der Waals surface area (Å²) in [5, 5.41) is 2.83. The second kappa shape index (κ2) is 7.34. The van der Waals surface area contributed by atoms with E-state index in [-0.39, 0.29) is 11.8 Å². The van der Waals surface area contributed by atoms with Gasteiger partial charge in [-0.25, -0.2) is 4.39 Å². The van der Waals surface area contributed by atoms with Gasteiger partial charge in [-0.3, -0.25) is 9.59 Å². The highest BCUT2D eigenvalue weighted by atomic mass is 19.1. The van der Waals surface area contributed by atoms with Crippen molar-refractivity contribution in [1.29, 1.82) is 0 Å². The molecule has 2 amide bonds. The number of rotatable bonds is 4. The molecular weight excluding hydrogens is 323 g/mol. The molecule has 1 aliphatic rings. The third-order valence-corrected chi connectivity index (χ3v) is 4.27. The summed E-state index contributed by atoms with van der Waals surface area (Å²) in [5.41, 5.74) is 1.03. The number of benzene rings is 2. The van der Waals surface area contributed by atoms with Crippen molar-refractivity contribution in [2.45, 2.75) is 18.9 Å². The molecule has 0 saturated carbocycles. The van der Waals surface area contributed by atoms with Gasteiger partial charge in [0.25, 0.3) is 5.91 Å². The Kier molecular flexibility index (Phi) is 4.97. The van der Waals surface area contributed by atoms with Gasteiger partial charge in [-0.05, 0) is 61.4 Å². The summed E-state index contributed by atoms with van der Waals surface area (Å²) < 4.78 is 18.1. The lowest BCUT2D eigenvalue weighted by atomic mass is 10.1. The van der Waals surface area contributed by atoms with Crippen molar-refractivity contribution in [3.63, 3.8) is 0 Å². The van der Waals surface area contributed by atoms with E-state index in [0.29, 0.717) is 30.0 Å². The van der Waals surface area contributed by atoms with Gasteiger partial charge >= 0.3 is 0 Å². The summed E-state index contributed by atoms with van der Waals surface area (Å²) in [6.45, 7) is 0.511. The maximum atomic E-state index is 13.0. The van der Waals surface area contributed by atoms with Crippen LogP contribution in [0.1, 0.15) is 23.2 Å². The first-order valence-electron chi connectivity index (χ1n) is 8.10. The van der Waals surface area contributed by atoms with E-state index in [1.165, 1.54) is 24.3 Å². The molecule has 0 bridgehead atoms. The number of anilines is 1. The quantitative estimate of drug-likeness (QED) is 0.929. The second-order valence-electron chi connectivity index (χ2n) is 5.88. The van der Waals surface area contributed by atoms with Gasteiger partial charge in [0, 0.05) is 17.8 Å². The van der Waals surface area contributed by atoms with E-state index in [9.17, 15) is 14.0 Å². The summed E-state index contributed by atoms with van der Waals surface area (Å²) in [4.78, 5) is 26.7. The predicted octanol–water partition coefficient (Wildman–Crippen LogP) is 3.08. The SMILES string of the molecule is COc1ccc(NC(=O)C2CCCN2C(=O)c2ccc(F)cc2)cc1. The standard InChI is InChI=1S/C19H19FN2O3/c1-25-16-10-8-15(9-11-16)21-18(23)17-3-2-12-22(17)19(24)13-4-6-14(20)7-5-13/h4-11,17H,2-3,12H2,1H3,(H,21,23). The molecule has 5 nitrogen and oxygen atoms in total. The van der Waals surface area contributed by atoms with Gasteiger partial charge in [-0.1, -0.05) is 0 Å². The van der Waals surface area contributed by atoms with Crippen LogP contribution >= 0.6 is 0 Å². The molecule has 1 N–H and O–H groups in total. The van der Waals surface area contributed by atoms with Crippen LogP contribution in [0.15, 0.2) is 48.5 Å². The van der Waals surface area contributed by atoms with E-state index in [0.717, 1.165) is 6.42 Å². The van der Waals surface area contributed by atoms with Gasteiger partial charge in [0.1, 0.15) is 17.6 Å². The van der Waals surface area contributed by atoms with Gasteiger partial charge in [0.05, 0.1) is 7.11 Å². The number of nitrogens with one attached hydrogen (secondary N) is 1. The average Bonchev–Trinajstić information content (AvgIpc) is 3.12. The van der Waals surface area contributed by atoms with Gasteiger partial charge in [0.2, 0.25) is 5.91 Å². The average molecular weight is 342 g/mol. The van der Waals surface area contributed by atoms with Gasteiger partial charge < -0.3 is 15.0 Å². The molecule has 0 aliphatic carbocycles. The fraction of sp³-hybridized carbons (Fsp3) is 0.263. The van der Waals surface area contributed by atoms with Crippen molar-refractivity contribution in [3.05, 3.63) is 59.9 Å². The zero-order valence-corrected chi connectivity index (χ0v) is 13.9. The maximum absolute atomic E-state index is 13.0. The summed E-state index contributed by atoms with van der Waals surface area (Å²) in [6.07, 6.45) is 1.36. The minimum Gasteiger partial charge on any atom is -0.497 e. The maximum Gasteiger partial charge on any atom is 0.254 e. The lowest BCUT2D eigenvalue weighted by Gasteiger charge is -2.24. The predicted molar refractivity (Wildman–Crippen MR) is 92.1 cm³/mol. The van der Waals surface area contributed by atoms with Crippen molar-refractivity contribution in [2.75, 3.05) is 19.0 Å². The summed E-state index contributed by atoms with van der Waals surface area (Å²) in [6, 6.07) is 11.8. The molecule has 1 heterocycles. The van der Waals surface area contributed by atoms with Crippen molar-refractivity contribution < 1.29 is 18.7 Å². The van der Waals surface area contributed by atoms with Crippen LogP contribution in [-0.4, -0.2) is 36.4 Å². The van der Waals surface area contributed by atoms with Gasteiger partial charge in [-0.2, -0.15) is 0 Å². The van der Waals surface area contributed by atoms with Crippen molar-refractivity contribution in [2.24, 2.45) is 0 Å². The second-order valence-corrected chi connectivity index (χ2v) is 5.88. The molecule has 130 valence electrons. The summed E-state index contributed by atoms with van der Waals surface area (Å²) in [5.74, 6) is -0.177. The Bertz CT molecular complexity index is 759. The summed E-state index contributed by atoms with van der Waals surface area (Å²) >= 11 is 0. The van der Waals surface area contributed by atoms with E-state index in [1.54, 1.807) is 36.3 Å². The largest absolute Gasteiger partial charge is 0.497 e. The van der Waals surface area contributed by atoms with Gasteiger partial charge in [0.15, 0.2) is 0 Å². The molecule has 0 spiro atoms. The third-order valence-electron chi connectivity index (χ3n) is 4.27. The number of methoxy groups -OCH3 is 1. The molecule has 1 saturated heterocycles. The zero-order valence-electron chi connectivity index (χ0n) is 13.9. The molecule has 1 aliphatic heterocycles. The van der Waals surface area contributed by atoms with Crippen LogP contribution in [0.5, 0.6) is 5.75 Å². The van der Waals surface area contributed by atoms with Crippen molar-refractivity contribution in [3.8, 4) is 5.75 Å². The number of nitrogens with zero attached hydrogens (tertiary/aromatic N) is 1. The fourth-order valence-electron chi connectivity index (χ4n) is 2.94. The molecule has 0 radical (unpaired) electrons. The number of halogens is 1. The molecule has 1 unspecified atom stereocenters. The topological polar surface area (TPSA) is 58.6 Å². The lowest BCUT2D eigenvalue weighted by Crippen LogP contribution is -2.43. The van der Waals surface area contributed by atoms with Crippen molar-refractivity contribution >= 4 is 17.5 Å². The molecule has 25 heavy (non-hydrogen) atoms. The smallest absolute Gasteiger partial charge is 0.254 e. The van der Waals surface area contributed by atoms with E-state index in [4.69, 9.17) is 4.74 Å². The monoisotopic (exact) mass is 342 g/mol. The highest BCUT2D eigenvalue weighted by Crippen LogP contribution is 2.22. The van der Waals surface area contributed by atoms with E-state index in [2.05, 4.69) is 5.32 Å². The van der Waals surface area contributed by atoms with Crippen LogP contribution in [-0.2, 0) is 4.79 Å². The van der Waals surface area contributed by atoms with Crippen LogP contribution in [0.25, 0.3) is 0 Å². The molecular formula is C19H19FN2O3. The van der Waals surface area contributed by atoms with Crippen LogP contribution in [0.2, 0.25) is 0 Å². The lowest BCUT2D eigenvalue weighted by molar-refractivity contribution is -0.119. The molecule has 1 atom stereocenters. The number of hydrogen-bond acceptors (Lipinski definition) is 3. The van der Waals surface area contributed by atoms with E-state index in [1.807, 2.05) is 0 Å². The Morgan fingerprint density at radius 3 is 2.44 bits per heavy atom. The minimum atomic E-state index is -0.528. The Labute approximate surface area is 145 Å². The van der Waals surface area contributed by atoms with E-state index >= 15 is 0 Å². The number of amides is 2. The molecule has 6 heteroatoms. The van der Waals surface area contributed by atoms with Crippen LogP contribution in [0.3, 0.4) is 0 Å². The van der Waals surface area contributed by atoms with Crippen LogP contribution in [0, 0.1) is 5.82 Å². The summed E-state index contributed by atoms with van der Waals surface area (Å²) in [7, 11) is 1.57. The normalized spacial score (nSPS) is 16.6. The first kappa shape index (κ1) is 17.0. The van der Waals surface area contributed by atoms with Crippen molar-refractivity contribution in [1.82, 2.24) is 4.90 Å². The first-order valence-corrected chi connectivity index (χ1v) is 8.10. The van der Waals surface area contributed by atoms with E-state index < -0.39 is 11.9 Å².